The molecule has 0 N–H and O–H groups in total. The maximum absolute atomic E-state index is 13.1. The Morgan fingerprint density at radius 3 is 2.17 bits per heavy atom. The van der Waals surface area contributed by atoms with Crippen LogP contribution in [0.1, 0.15) is 31.9 Å². The number of para-hydroxylation sites is 2. The number of aromatic nitrogens is 1. The van der Waals surface area contributed by atoms with E-state index in [1.807, 2.05) is 90.5 Å². The zero-order valence-electron chi connectivity index (χ0n) is 32.4. The van der Waals surface area contributed by atoms with Gasteiger partial charge >= 0.3 is 5.82 Å². The van der Waals surface area contributed by atoms with Gasteiger partial charge < -0.3 is 9.47 Å². The molecule has 0 saturated carbocycles. The fourth-order valence-electron chi connectivity index (χ4n) is 7.21. The van der Waals surface area contributed by atoms with Gasteiger partial charge in [-0.25, -0.2) is 0 Å². The van der Waals surface area contributed by atoms with Gasteiger partial charge in [-0.1, -0.05) is 110 Å². The number of aryl methyl sites for hydroxylation is 1. The van der Waals surface area contributed by atoms with E-state index in [1.54, 1.807) is 6.92 Å². The van der Waals surface area contributed by atoms with Gasteiger partial charge in [-0.05, 0) is 59.2 Å². The first-order valence-corrected chi connectivity index (χ1v) is 19.8. The number of anilines is 1. The highest BCUT2D eigenvalue weighted by Crippen LogP contribution is 2.46. The summed E-state index contributed by atoms with van der Waals surface area (Å²) < 4.78 is 4.75. The average Bonchev–Trinajstić information content (AvgIpc) is 3.83. The highest BCUT2D eigenvalue weighted by molar-refractivity contribution is 7.16. The molecule has 284 valence electrons. The molecule has 4 aromatic carbocycles. The van der Waals surface area contributed by atoms with E-state index in [-0.39, 0.29) is 34.6 Å². The summed E-state index contributed by atoms with van der Waals surface area (Å²) in [5.41, 5.74) is 5.63. The summed E-state index contributed by atoms with van der Waals surface area (Å²) in [6.45, 7) is 20.8. The van der Waals surface area contributed by atoms with Crippen molar-refractivity contribution in [3.05, 3.63) is 174 Å². The van der Waals surface area contributed by atoms with Gasteiger partial charge in [0.05, 0.1) is 16.8 Å². The van der Waals surface area contributed by atoms with Gasteiger partial charge in [0.2, 0.25) is 4.80 Å². The third-order valence-corrected chi connectivity index (χ3v) is 12.6. The van der Waals surface area contributed by atoms with Gasteiger partial charge in [-0.15, -0.1) is 21.5 Å². The Hall–Kier alpha value is -7.17. The van der Waals surface area contributed by atoms with Gasteiger partial charge in [0.1, 0.15) is 29.3 Å². The van der Waals surface area contributed by atoms with E-state index in [2.05, 4.69) is 88.2 Å². The zero-order chi connectivity index (χ0) is 41.1. The molecule has 0 bridgehead atoms. The van der Waals surface area contributed by atoms with E-state index in [1.165, 1.54) is 39.6 Å². The number of carbonyl (C=O) groups excluding carboxylic acids is 2. The van der Waals surface area contributed by atoms with Crippen molar-refractivity contribution in [1.29, 1.82) is 5.26 Å². The number of thiazole rings is 1. The van der Waals surface area contributed by atoms with E-state index in [0.29, 0.717) is 4.80 Å². The standard InChI is InChI=1S/C24H19N3S.C22H17N5O2S/c1-24(2)18-12-8-9-13-19(18)27(5)21(24)15-14-20-16-10-6-7-11-17(16)22(28-20)23(25-3)26-4;1-14-16(12-23)20(28)27(13-15-8-4-3-5-9-15)21(29)19(14)24-25-22-26(2)17-10-6-7-11-18(17)30-22/h6-15H,1-2,5H3;3-11H,13H2,1-2H3/b20-14-,21-15-;24-19-,25-22+. The molecule has 0 aliphatic carbocycles. The largest absolute Gasteiger partial charge is 0.537 e. The van der Waals surface area contributed by atoms with Crippen LogP contribution in [0.25, 0.3) is 42.6 Å². The fraction of sp³-hybridized carbons (Fsp3) is 0.152. The van der Waals surface area contributed by atoms with Crippen LogP contribution in [0.15, 0.2) is 136 Å². The van der Waals surface area contributed by atoms with Crippen LogP contribution < -0.4 is 18.8 Å². The molecule has 0 unspecified atom stereocenters. The van der Waals surface area contributed by atoms with Crippen LogP contribution in [-0.2, 0) is 28.6 Å². The van der Waals surface area contributed by atoms with Crippen LogP contribution in [0.5, 0.6) is 0 Å². The molecular weight excluding hydrogens is 761 g/mol. The summed E-state index contributed by atoms with van der Waals surface area (Å²) in [4.78, 5) is 36.5. The first kappa shape index (κ1) is 39.1. The number of amides is 2. The number of carbonyl (C=O) groups is 2. The molecule has 10 nitrogen and oxygen atoms in total. The number of allylic oxidation sites excluding steroid dienone is 2. The molecular formula is C46H36N8O2S2. The fourth-order valence-corrected chi connectivity index (χ4v) is 9.30. The number of nitriles is 1. The molecule has 2 amide bonds. The van der Waals surface area contributed by atoms with Crippen LogP contribution in [0.4, 0.5) is 5.69 Å². The van der Waals surface area contributed by atoms with Crippen molar-refractivity contribution < 1.29 is 9.59 Å². The van der Waals surface area contributed by atoms with Gasteiger partial charge in [-0.2, -0.15) is 15.0 Å². The third kappa shape index (κ3) is 7.06. The molecule has 0 fully saturated rings. The molecule has 58 heavy (non-hydrogen) atoms. The summed E-state index contributed by atoms with van der Waals surface area (Å²) in [5, 5.41) is 20.0. The number of hydrogen-bond acceptors (Lipinski definition) is 8. The lowest BCUT2D eigenvalue weighted by atomic mass is 9.84. The van der Waals surface area contributed by atoms with Crippen LogP contribution >= 0.6 is 22.7 Å². The summed E-state index contributed by atoms with van der Waals surface area (Å²) in [6, 6.07) is 35.4. The van der Waals surface area contributed by atoms with Crippen molar-refractivity contribution in [2.75, 3.05) is 11.9 Å². The van der Waals surface area contributed by atoms with Crippen molar-refractivity contribution in [2.45, 2.75) is 32.7 Å². The number of rotatable bonds is 4. The van der Waals surface area contributed by atoms with Crippen molar-refractivity contribution in [1.82, 2.24) is 9.47 Å². The van der Waals surface area contributed by atoms with Crippen molar-refractivity contribution >= 4 is 78.8 Å². The lowest BCUT2D eigenvalue weighted by Crippen LogP contribution is -2.46. The average molecular weight is 797 g/mol. The highest BCUT2D eigenvalue weighted by atomic mass is 32.1. The minimum atomic E-state index is -0.616. The first-order valence-electron chi connectivity index (χ1n) is 18.2. The third-order valence-electron chi connectivity index (χ3n) is 10.3. The summed E-state index contributed by atoms with van der Waals surface area (Å²) in [7, 11) is 3.98. The topological polar surface area (TPSA) is 103 Å². The number of imide groups is 1. The predicted octanol–water partition coefficient (Wildman–Crippen LogP) is 7.80. The minimum absolute atomic E-state index is 0.000428. The van der Waals surface area contributed by atoms with Gasteiger partial charge in [0.15, 0.2) is 5.71 Å². The molecule has 4 heterocycles. The molecule has 2 aliphatic rings. The molecule has 0 spiro atoms. The lowest BCUT2D eigenvalue weighted by molar-refractivity contribution is -0.139. The number of likely N-dealkylation sites (N-methyl/N-ethyl adjacent to an activating group) is 1. The molecule has 0 radical (unpaired) electrons. The van der Waals surface area contributed by atoms with Gasteiger partial charge in [0.25, 0.3) is 11.8 Å². The monoisotopic (exact) mass is 796 g/mol. The Bertz CT molecular complexity index is 3070. The summed E-state index contributed by atoms with van der Waals surface area (Å²) in [5.74, 6) is -1.04. The molecule has 0 saturated heterocycles. The zero-order valence-corrected chi connectivity index (χ0v) is 34.0. The first-order chi connectivity index (χ1) is 28.0. The highest BCUT2D eigenvalue weighted by Gasteiger charge is 2.38. The predicted molar refractivity (Wildman–Crippen MR) is 232 cm³/mol. The van der Waals surface area contributed by atoms with E-state index < -0.39 is 11.8 Å². The Labute approximate surface area is 343 Å². The second-order valence-corrected chi connectivity index (χ2v) is 16.1. The second kappa shape index (κ2) is 16.1. The lowest BCUT2D eigenvalue weighted by Gasteiger charge is -2.26. The van der Waals surface area contributed by atoms with Gasteiger partial charge in [-0.3, -0.25) is 14.5 Å². The molecule has 6 aromatic rings. The molecule has 0 atom stereocenters. The second-order valence-electron chi connectivity index (χ2n) is 14.1. The SMILES string of the molecule is CC1=C(C#N)C(=O)N(Cc2ccccc2)C(=O)/C1=N\N=c1\sc2ccccc2n1C.[C-]#[N+]C([N+]#[C-])=c1s/c(=C\C=C2/N(C)c3ccccc3C2(C)C)c2ccccc12. The van der Waals surface area contributed by atoms with Crippen molar-refractivity contribution in [3.8, 4) is 6.07 Å². The Balaban J connectivity index is 0.000000177. The van der Waals surface area contributed by atoms with E-state index >= 15 is 0 Å². The minimum Gasteiger partial charge on any atom is -0.347 e. The number of benzene rings is 4. The van der Waals surface area contributed by atoms with Crippen LogP contribution in [-0.4, -0.2) is 34.0 Å². The molecule has 8 rings (SSSR count). The molecule has 2 aromatic heterocycles. The van der Waals surface area contributed by atoms with Crippen molar-refractivity contribution in [2.24, 2.45) is 17.3 Å². The number of hydrogen-bond donors (Lipinski definition) is 0. The van der Waals surface area contributed by atoms with Crippen LogP contribution in [0.3, 0.4) is 0 Å². The number of thiophene rings is 1. The van der Waals surface area contributed by atoms with Crippen LogP contribution in [0, 0.1) is 24.5 Å². The van der Waals surface area contributed by atoms with Crippen molar-refractivity contribution in [3.63, 3.8) is 0 Å². The Kier molecular flexibility index (Phi) is 10.9. The maximum atomic E-state index is 13.1. The maximum Gasteiger partial charge on any atom is 0.537 e. The van der Waals surface area contributed by atoms with E-state index in [4.69, 9.17) is 13.1 Å². The van der Waals surface area contributed by atoms with E-state index in [9.17, 15) is 14.9 Å². The Morgan fingerprint density at radius 2 is 1.48 bits per heavy atom. The molecule has 12 heteroatoms. The summed E-state index contributed by atoms with van der Waals surface area (Å²) in [6.07, 6.45) is 4.30. The van der Waals surface area contributed by atoms with E-state index in [0.717, 1.165) is 40.5 Å². The normalized spacial score (nSPS) is 16.7. The van der Waals surface area contributed by atoms with Crippen LogP contribution in [0.2, 0.25) is 0 Å². The Morgan fingerprint density at radius 1 is 0.828 bits per heavy atom. The molecule has 2 aliphatic heterocycles. The summed E-state index contributed by atoms with van der Waals surface area (Å²) >= 11 is 2.96. The smallest absolute Gasteiger partial charge is 0.347 e. The quantitative estimate of drug-likeness (QED) is 0.103. The number of fused-ring (bicyclic) bond motifs is 3. The number of nitrogens with zero attached hydrogens (tertiary/aromatic N) is 8. The van der Waals surface area contributed by atoms with Gasteiger partial charge in [0, 0.05) is 41.0 Å².